The van der Waals surface area contributed by atoms with Gasteiger partial charge in [0.1, 0.15) is 10.6 Å². The monoisotopic (exact) mass is 332 g/mol. The average Bonchev–Trinajstić information content (AvgIpc) is 2.46. The highest BCUT2D eigenvalue weighted by atomic mass is 32.2. The van der Waals surface area contributed by atoms with E-state index < -0.39 is 10.1 Å². The standard InChI is InChI=1S/C18H20O4S/c1-13(19)14-5-9-16(10-6-14)22-23(20,21)17-11-7-15(8-12-17)18(2,3)4/h5-12H,1-4H3. The molecule has 0 saturated carbocycles. The highest BCUT2D eigenvalue weighted by Crippen LogP contribution is 2.25. The molecule has 122 valence electrons. The summed E-state index contributed by atoms with van der Waals surface area (Å²) in [5, 5.41) is 0. The van der Waals surface area contributed by atoms with E-state index in [1.165, 1.54) is 31.2 Å². The Morgan fingerprint density at radius 3 is 1.87 bits per heavy atom. The van der Waals surface area contributed by atoms with Crippen LogP contribution in [-0.4, -0.2) is 14.2 Å². The number of ketones is 1. The summed E-state index contributed by atoms with van der Waals surface area (Å²) in [6, 6.07) is 12.7. The fourth-order valence-corrected chi connectivity index (χ4v) is 2.97. The number of rotatable bonds is 4. The van der Waals surface area contributed by atoms with Gasteiger partial charge >= 0.3 is 10.1 Å². The van der Waals surface area contributed by atoms with Crippen molar-refractivity contribution in [2.45, 2.75) is 38.0 Å². The molecule has 0 bridgehead atoms. The molecule has 0 aliphatic heterocycles. The Kier molecular flexibility index (Phi) is 4.61. The van der Waals surface area contributed by atoms with Crippen LogP contribution in [0.2, 0.25) is 0 Å². The topological polar surface area (TPSA) is 60.4 Å². The van der Waals surface area contributed by atoms with Gasteiger partial charge in [-0.25, -0.2) is 0 Å². The predicted molar refractivity (Wildman–Crippen MR) is 89.4 cm³/mol. The number of hydrogen-bond acceptors (Lipinski definition) is 4. The molecule has 0 aliphatic rings. The lowest BCUT2D eigenvalue weighted by Gasteiger charge is -2.19. The van der Waals surface area contributed by atoms with E-state index in [2.05, 4.69) is 20.8 Å². The second kappa shape index (κ2) is 6.16. The van der Waals surface area contributed by atoms with Crippen molar-refractivity contribution in [1.82, 2.24) is 0 Å². The van der Waals surface area contributed by atoms with Gasteiger partial charge in [-0.3, -0.25) is 4.79 Å². The van der Waals surface area contributed by atoms with Crippen LogP contribution in [0.4, 0.5) is 0 Å². The summed E-state index contributed by atoms with van der Waals surface area (Å²) >= 11 is 0. The average molecular weight is 332 g/mol. The summed E-state index contributed by atoms with van der Waals surface area (Å²) in [4.78, 5) is 11.3. The van der Waals surface area contributed by atoms with Crippen molar-refractivity contribution in [3.8, 4) is 5.75 Å². The third kappa shape index (κ3) is 4.20. The van der Waals surface area contributed by atoms with E-state index in [4.69, 9.17) is 4.18 Å². The summed E-state index contributed by atoms with van der Waals surface area (Å²) in [6.45, 7) is 7.63. The molecule has 0 unspecified atom stereocenters. The normalized spacial score (nSPS) is 12.0. The van der Waals surface area contributed by atoms with E-state index in [0.29, 0.717) is 5.56 Å². The number of carbonyl (C=O) groups excluding carboxylic acids is 1. The molecule has 0 spiro atoms. The minimum absolute atomic E-state index is 0.0499. The van der Waals surface area contributed by atoms with Crippen LogP contribution >= 0.6 is 0 Å². The molecule has 0 aromatic heterocycles. The van der Waals surface area contributed by atoms with Crippen molar-refractivity contribution in [3.63, 3.8) is 0 Å². The van der Waals surface area contributed by atoms with Crippen LogP contribution in [0.15, 0.2) is 53.4 Å². The lowest BCUT2D eigenvalue weighted by Crippen LogP contribution is -2.13. The molecule has 2 aromatic carbocycles. The summed E-state index contributed by atoms with van der Waals surface area (Å²) < 4.78 is 29.7. The van der Waals surface area contributed by atoms with Crippen LogP contribution in [0.25, 0.3) is 0 Å². The Labute approximate surface area is 137 Å². The quantitative estimate of drug-likeness (QED) is 0.628. The lowest BCUT2D eigenvalue weighted by molar-refractivity contribution is 0.101. The van der Waals surface area contributed by atoms with Gasteiger partial charge in [0.2, 0.25) is 0 Å². The van der Waals surface area contributed by atoms with Gasteiger partial charge in [0, 0.05) is 5.56 Å². The first-order chi connectivity index (χ1) is 10.6. The van der Waals surface area contributed by atoms with E-state index in [1.54, 1.807) is 24.3 Å². The summed E-state index contributed by atoms with van der Waals surface area (Å²) in [5.74, 6) is 0.0899. The van der Waals surface area contributed by atoms with E-state index in [-0.39, 0.29) is 21.8 Å². The highest BCUT2D eigenvalue weighted by molar-refractivity contribution is 7.87. The molecular weight excluding hydrogens is 312 g/mol. The Morgan fingerprint density at radius 1 is 0.913 bits per heavy atom. The molecule has 0 amide bonds. The zero-order chi connectivity index (χ0) is 17.3. The van der Waals surface area contributed by atoms with Crippen molar-refractivity contribution >= 4 is 15.9 Å². The van der Waals surface area contributed by atoms with Crippen molar-refractivity contribution in [2.24, 2.45) is 0 Å². The molecule has 0 fully saturated rings. The van der Waals surface area contributed by atoms with Crippen molar-refractivity contribution in [2.75, 3.05) is 0 Å². The Morgan fingerprint density at radius 2 is 1.43 bits per heavy atom. The molecule has 0 N–H and O–H groups in total. The zero-order valence-electron chi connectivity index (χ0n) is 13.7. The van der Waals surface area contributed by atoms with Gasteiger partial charge < -0.3 is 4.18 Å². The molecule has 0 aliphatic carbocycles. The number of hydrogen-bond donors (Lipinski definition) is 0. The molecule has 0 heterocycles. The van der Waals surface area contributed by atoms with Crippen LogP contribution in [0, 0.1) is 0 Å². The van der Waals surface area contributed by atoms with Crippen LogP contribution in [0.1, 0.15) is 43.6 Å². The van der Waals surface area contributed by atoms with Gasteiger partial charge in [0.05, 0.1) is 0 Å². The Balaban J connectivity index is 2.23. The molecule has 0 radical (unpaired) electrons. The van der Waals surface area contributed by atoms with Crippen molar-refractivity contribution in [3.05, 3.63) is 59.7 Å². The molecule has 0 saturated heterocycles. The zero-order valence-corrected chi connectivity index (χ0v) is 14.5. The van der Waals surface area contributed by atoms with Gasteiger partial charge in [-0.2, -0.15) is 8.42 Å². The second-order valence-corrected chi connectivity index (χ2v) is 7.94. The largest absolute Gasteiger partial charge is 0.379 e. The van der Waals surface area contributed by atoms with Crippen LogP contribution in [-0.2, 0) is 15.5 Å². The molecule has 2 rings (SSSR count). The number of Topliss-reactive ketones (excluding diaryl/α,β-unsaturated/α-hetero) is 1. The fraction of sp³-hybridized carbons (Fsp3) is 0.278. The summed E-state index contributed by atoms with van der Waals surface area (Å²) in [7, 11) is -3.89. The minimum atomic E-state index is -3.89. The van der Waals surface area contributed by atoms with E-state index in [1.807, 2.05) is 0 Å². The summed E-state index contributed by atoms with van der Waals surface area (Å²) in [5.41, 5.74) is 1.50. The smallest absolute Gasteiger partial charge is 0.339 e. The van der Waals surface area contributed by atoms with Crippen LogP contribution in [0.5, 0.6) is 5.75 Å². The highest BCUT2D eigenvalue weighted by Gasteiger charge is 2.19. The molecule has 2 aromatic rings. The molecule has 23 heavy (non-hydrogen) atoms. The number of carbonyl (C=O) groups is 1. The Bertz CT molecular complexity index is 796. The SMILES string of the molecule is CC(=O)c1ccc(OS(=O)(=O)c2ccc(C(C)(C)C)cc2)cc1. The van der Waals surface area contributed by atoms with Gasteiger partial charge in [-0.1, -0.05) is 32.9 Å². The first-order valence-electron chi connectivity index (χ1n) is 7.26. The molecule has 4 nitrogen and oxygen atoms in total. The second-order valence-electron chi connectivity index (χ2n) is 6.39. The molecule has 5 heteroatoms. The maximum Gasteiger partial charge on any atom is 0.339 e. The number of benzene rings is 2. The first kappa shape index (κ1) is 17.2. The van der Waals surface area contributed by atoms with Crippen molar-refractivity contribution < 1.29 is 17.4 Å². The lowest BCUT2D eigenvalue weighted by atomic mass is 9.87. The third-order valence-corrected chi connectivity index (χ3v) is 4.74. The van der Waals surface area contributed by atoms with E-state index >= 15 is 0 Å². The Hall–Kier alpha value is -2.14. The van der Waals surface area contributed by atoms with Gasteiger partial charge in [0.25, 0.3) is 0 Å². The third-order valence-electron chi connectivity index (χ3n) is 3.48. The minimum Gasteiger partial charge on any atom is -0.379 e. The van der Waals surface area contributed by atoms with Crippen LogP contribution < -0.4 is 4.18 Å². The van der Waals surface area contributed by atoms with Crippen LogP contribution in [0.3, 0.4) is 0 Å². The maximum absolute atomic E-state index is 12.3. The van der Waals surface area contributed by atoms with Gasteiger partial charge in [-0.05, 0) is 54.3 Å². The van der Waals surface area contributed by atoms with E-state index in [9.17, 15) is 13.2 Å². The first-order valence-corrected chi connectivity index (χ1v) is 8.66. The van der Waals surface area contributed by atoms with Gasteiger partial charge in [-0.15, -0.1) is 0 Å². The molecular formula is C18H20O4S. The predicted octanol–water partition coefficient (Wildman–Crippen LogP) is 3.95. The maximum atomic E-state index is 12.3. The fourth-order valence-electron chi connectivity index (χ4n) is 2.04. The molecule has 0 atom stereocenters. The van der Waals surface area contributed by atoms with Gasteiger partial charge in [0.15, 0.2) is 5.78 Å². The summed E-state index contributed by atoms with van der Waals surface area (Å²) in [6.07, 6.45) is 0. The van der Waals surface area contributed by atoms with Crippen molar-refractivity contribution in [1.29, 1.82) is 0 Å². The van der Waals surface area contributed by atoms with E-state index in [0.717, 1.165) is 5.56 Å².